The van der Waals surface area contributed by atoms with Gasteiger partial charge in [-0.25, -0.2) is 0 Å². The molecule has 2 heterocycles. The summed E-state index contributed by atoms with van der Waals surface area (Å²) in [5, 5.41) is 10.7. The number of carbonyl (C=O) groups excluding carboxylic acids is 2. The fraction of sp³-hybridized carbons (Fsp3) is 0.600. The highest BCUT2D eigenvalue weighted by molar-refractivity contribution is 6.08. The van der Waals surface area contributed by atoms with Crippen LogP contribution in [0.2, 0.25) is 0 Å². The van der Waals surface area contributed by atoms with Gasteiger partial charge in [0.1, 0.15) is 12.1 Å². The molecule has 6 nitrogen and oxygen atoms in total. The van der Waals surface area contributed by atoms with E-state index in [1.165, 1.54) is 11.8 Å². The first-order valence-corrected chi connectivity index (χ1v) is 6.64. The normalized spacial score (nSPS) is 34.2. The third-order valence-corrected chi connectivity index (χ3v) is 3.88. The second-order valence-corrected chi connectivity index (χ2v) is 5.75. The fourth-order valence-electron chi connectivity index (χ4n) is 2.82. The number of carbonyl (C=O) groups is 2. The van der Waals surface area contributed by atoms with Gasteiger partial charge in [0.2, 0.25) is 0 Å². The smallest absolute Gasteiger partial charge is 0.262 e. The first-order valence-electron chi connectivity index (χ1n) is 6.64. The van der Waals surface area contributed by atoms with Crippen molar-refractivity contribution in [3.05, 3.63) is 12.2 Å². The Bertz CT molecular complexity index is 547. The molecule has 0 saturated carbocycles. The van der Waals surface area contributed by atoms with Gasteiger partial charge in [-0.05, 0) is 20.8 Å². The lowest BCUT2D eigenvalue weighted by atomic mass is 9.73. The van der Waals surface area contributed by atoms with Crippen molar-refractivity contribution in [3.63, 3.8) is 0 Å². The van der Waals surface area contributed by atoms with Crippen molar-refractivity contribution in [2.24, 2.45) is 0 Å². The van der Waals surface area contributed by atoms with Crippen LogP contribution in [0, 0.1) is 12.3 Å². The molecule has 0 bridgehead atoms. The van der Waals surface area contributed by atoms with Gasteiger partial charge in [-0.3, -0.25) is 9.59 Å². The maximum absolute atomic E-state index is 12.2. The van der Waals surface area contributed by atoms with Gasteiger partial charge in [0.15, 0.2) is 17.2 Å². The lowest BCUT2D eigenvalue weighted by Gasteiger charge is -2.54. The minimum absolute atomic E-state index is 0.0251. The average Bonchev–Trinajstić information content (AvgIpc) is 2.75. The topological polar surface area (TPSA) is 76.1 Å². The van der Waals surface area contributed by atoms with Crippen molar-refractivity contribution >= 4 is 11.7 Å². The van der Waals surface area contributed by atoms with E-state index in [4.69, 9.17) is 15.9 Å². The van der Waals surface area contributed by atoms with E-state index in [-0.39, 0.29) is 18.7 Å². The number of aliphatic hydroxyl groups is 1. The molecule has 0 aliphatic carbocycles. The van der Waals surface area contributed by atoms with Crippen LogP contribution in [0.4, 0.5) is 0 Å². The highest BCUT2D eigenvalue weighted by Gasteiger charge is 2.66. The zero-order chi connectivity index (χ0) is 16.0. The van der Waals surface area contributed by atoms with Crippen molar-refractivity contribution in [1.82, 2.24) is 4.90 Å². The predicted octanol–water partition coefficient (Wildman–Crippen LogP) is -0.142. The number of ether oxygens (including phenoxy) is 2. The highest BCUT2D eigenvalue weighted by atomic mass is 16.7. The van der Waals surface area contributed by atoms with Crippen molar-refractivity contribution in [2.45, 2.75) is 44.3 Å². The molecular formula is C15H19NO5. The molecule has 21 heavy (non-hydrogen) atoms. The van der Waals surface area contributed by atoms with E-state index < -0.39 is 35.2 Å². The van der Waals surface area contributed by atoms with E-state index in [1.54, 1.807) is 13.8 Å². The highest BCUT2D eigenvalue weighted by Crippen LogP contribution is 2.42. The molecule has 6 heteroatoms. The van der Waals surface area contributed by atoms with E-state index in [9.17, 15) is 14.7 Å². The van der Waals surface area contributed by atoms with Crippen molar-refractivity contribution in [2.75, 3.05) is 13.2 Å². The second kappa shape index (κ2) is 4.95. The van der Waals surface area contributed by atoms with Crippen LogP contribution in [0.15, 0.2) is 12.2 Å². The molecule has 0 aromatic carbocycles. The zero-order valence-corrected chi connectivity index (χ0v) is 12.4. The Morgan fingerprint density at radius 2 is 2.24 bits per heavy atom. The molecule has 0 aromatic rings. The van der Waals surface area contributed by atoms with Crippen molar-refractivity contribution < 1.29 is 24.2 Å². The molecule has 0 spiro atoms. The number of nitrogens with zero attached hydrogens (tertiary/aromatic N) is 1. The van der Waals surface area contributed by atoms with E-state index in [2.05, 4.69) is 12.5 Å². The van der Waals surface area contributed by atoms with Crippen molar-refractivity contribution in [3.8, 4) is 12.3 Å². The van der Waals surface area contributed by atoms with Gasteiger partial charge in [-0.15, -0.1) is 6.42 Å². The van der Waals surface area contributed by atoms with Crippen LogP contribution >= 0.6 is 0 Å². The monoisotopic (exact) mass is 293 g/mol. The molecule has 2 saturated heterocycles. The third kappa shape index (κ3) is 2.27. The van der Waals surface area contributed by atoms with Gasteiger partial charge in [0.05, 0.1) is 13.2 Å². The van der Waals surface area contributed by atoms with Gasteiger partial charge in [-0.2, -0.15) is 0 Å². The summed E-state index contributed by atoms with van der Waals surface area (Å²) in [4.78, 5) is 25.1. The predicted molar refractivity (Wildman–Crippen MR) is 74.0 cm³/mol. The molecule has 1 N–H and O–H groups in total. The minimum Gasteiger partial charge on any atom is -0.374 e. The largest absolute Gasteiger partial charge is 0.374 e. The number of likely N-dealkylation sites (tertiary alicyclic amines) is 1. The number of hydrogen-bond acceptors (Lipinski definition) is 5. The first kappa shape index (κ1) is 15.7. The molecule has 2 rings (SSSR count). The third-order valence-electron chi connectivity index (χ3n) is 3.88. The van der Waals surface area contributed by atoms with Crippen LogP contribution in [-0.4, -0.2) is 58.4 Å². The van der Waals surface area contributed by atoms with E-state index in [0.29, 0.717) is 0 Å². The summed E-state index contributed by atoms with van der Waals surface area (Å²) in [7, 11) is 0. The molecule has 2 aliphatic rings. The lowest BCUT2D eigenvalue weighted by Crippen LogP contribution is -2.78. The number of β-lactam (4-membered cyclic amide) rings is 1. The number of hydrogen-bond donors (Lipinski definition) is 1. The number of amides is 1. The fourth-order valence-corrected chi connectivity index (χ4v) is 2.82. The molecule has 0 radical (unpaired) electrons. The van der Waals surface area contributed by atoms with Crippen LogP contribution < -0.4 is 0 Å². The van der Waals surface area contributed by atoms with Crippen LogP contribution in [0.5, 0.6) is 0 Å². The molecular weight excluding hydrogens is 274 g/mol. The van der Waals surface area contributed by atoms with Gasteiger partial charge in [0, 0.05) is 5.57 Å². The molecule has 1 amide bonds. The van der Waals surface area contributed by atoms with Crippen LogP contribution in [0.25, 0.3) is 0 Å². The van der Waals surface area contributed by atoms with Gasteiger partial charge < -0.3 is 19.5 Å². The Labute approximate surface area is 123 Å². The number of rotatable bonds is 4. The van der Waals surface area contributed by atoms with Gasteiger partial charge in [-0.1, -0.05) is 12.5 Å². The Morgan fingerprint density at radius 1 is 1.62 bits per heavy atom. The lowest BCUT2D eigenvalue weighted by molar-refractivity contribution is -0.205. The number of Topliss-reactive ketones (excluding diaryl/α,β-unsaturated/α-hetero) is 1. The second-order valence-electron chi connectivity index (χ2n) is 5.75. The average molecular weight is 293 g/mol. The first-order chi connectivity index (χ1) is 9.65. The molecule has 114 valence electrons. The summed E-state index contributed by atoms with van der Waals surface area (Å²) in [6.07, 6.45) is 4.68. The van der Waals surface area contributed by atoms with Crippen LogP contribution in [-0.2, 0) is 19.1 Å². The summed E-state index contributed by atoms with van der Waals surface area (Å²) >= 11 is 0. The Balaban J connectivity index is 2.33. The summed E-state index contributed by atoms with van der Waals surface area (Å²) in [6, 6.07) is -0.778. The van der Waals surface area contributed by atoms with Gasteiger partial charge >= 0.3 is 0 Å². The van der Waals surface area contributed by atoms with E-state index in [0.717, 1.165) is 0 Å². The zero-order valence-electron chi connectivity index (χ0n) is 12.4. The molecule has 0 unspecified atom stereocenters. The number of ketones is 1. The van der Waals surface area contributed by atoms with Gasteiger partial charge in [0.25, 0.3) is 5.91 Å². The Morgan fingerprint density at radius 3 is 2.67 bits per heavy atom. The summed E-state index contributed by atoms with van der Waals surface area (Å²) in [6.45, 7) is 8.50. The molecule has 2 fully saturated rings. The van der Waals surface area contributed by atoms with Crippen LogP contribution in [0.3, 0.4) is 0 Å². The quantitative estimate of drug-likeness (QED) is 0.443. The maximum atomic E-state index is 12.2. The summed E-state index contributed by atoms with van der Waals surface area (Å²) in [5.41, 5.74) is -2.13. The Kier molecular flexibility index (Phi) is 3.70. The number of terminal acetylenes is 1. The van der Waals surface area contributed by atoms with E-state index >= 15 is 0 Å². The minimum atomic E-state index is -1.98. The van der Waals surface area contributed by atoms with Crippen molar-refractivity contribution in [1.29, 1.82) is 0 Å². The standard InChI is InChI=1S/C15H19NO5/c1-6-7-16-12(11-8-20-14(4,5)21-11)15(19,13(16)18)9(2)10(3)17/h1,11-12,19H,2,7-8H2,3-5H3/t11-,12+,15-/m1/s1. The molecule has 3 atom stereocenters. The van der Waals surface area contributed by atoms with E-state index in [1.807, 2.05) is 0 Å². The molecule has 0 aromatic heterocycles. The SMILES string of the molecule is C#CCN1C(=O)[C@@](O)(C(=C)C(C)=O)[C@@H]1[C@H]1COC(C)(C)O1. The maximum Gasteiger partial charge on any atom is 0.262 e. The Hall–Kier alpha value is -1.68. The summed E-state index contributed by atoms with van der Waals surface area (Å²) in [5.74, 6) is 0.472. The summed E-state index contributed by atoms with van der Waals surface area (Å²) < 4.78 is 11.2. The molecule has 2 aliphatic heterocycles. The van der Waals surface area contributed by atoms with Crippen LogP contribution in [0.1, 0.15) is 20.8 Å².